The van der Waals surface area contributed by atoms with Gasteiger partial charge in [-0.3, -0.25) is 91.6 Å². The molecule has 3 aromatic rings. The number of nitrogens with two attached hydrogens (primary N) is 2. The van der Waals surface area contributed by atoms with Crippen LogP contribution in [0.2, 0.25) is 0 Å². The van der Waals surface area contributed by atoms with Crippen LogP contribution >= 0.6 is 11.8 Å². The number of hydrogen-bond acceptors (Lipinski definition) is 21. The second kappa shape index (κ2) is 42.2. The molecule has 1 aromatic carbocycles. The number of piperazine rings is 1. The first-order valence-corrected chi connectivity index (χ1v) is 35.3. The number of carbonyl (C=O) groups is 14. The molecule has 2 aliphatic heterocycles. The SMILES string of the molecule is CSCC[C@H](NC(=O)[C@H](CC(C)C)NC(=O)[C@H](Cc1cnc[nH]1)NC(=O)CNC(=O)[C@@H](NC(=O)[C@H](C)NC(=O)[C@H](Cc1c[nH]c2ccccc12)NC(=O)[C@H](CCC(N)=O)NC(=O)CN1CCN(C(=O)CN2CCN(CC(=O)O)CCN(CC(=O)O)CCN(CC(=O)O)CC2)CC1)C(C)C)C(N)=O. The van der Waals surface area contributed by atoms with Gasteiger partial charge in [0.25, 0.3) is 0 Å². The molecule has 5 rings (SSSR count). The number of rotatable bonds is 39. The Labute approximate surface area is 595 Å². The van der Waals surface area contributed by atoms with Gasteiger partial charge in [0.15, 0.2) is 0 Å². The molecule has 11 amide bonds. The van der Waals surface area contributed by atoms with Gasteiger partial charge in [-0.25, -0.2) is 4.98 Å². The van der Waals surface area contributed by atoms with E-state index >= 15 is 0 Å². The molecular formula is C65H101N19O17S. The Kier molecular flexibility index (Phi) is 34.5. The maximum absolute atomic E-state index is 14.5. The normalized spacial score (nSPS) is 16.8. The number of nitrogens with zero attached hydrogens (tertiary/aromatic N) is 7. The fraction of sp³-hybridized carbons (Fsp3) is 0.615. The minimum absolute atomic E-state index is 0.0899. The van der Waals surface area contributed by atoms with E-state index in [1.807, 2.05) is 25.0 Å². The lowest BCUT2D eigenvalue weighted by molar-refractivity contribution is -0.141. The van der Waals surface area contributed by atoms with Gasteiger partial charge in [0.2, 0.25) is 65.0 Å². The molecule has 2 aliphatic rings. The number of carboxylic acids is 3. The summed E-state index contributed by atoms with van der Waals surface area (Å²) in [4.78, 5) is 205. The molecule has 7 atom stereocenters. The summed E-state index contributed by atoms with van der Waals surface area (Å²) in [5.41, 5.74) is 12.8. The van der Waals surface area contributed by atoms with Crippen molar-refractivity contribution in [1.82, 2.24) is 86.9 Å². The molecule has 0 aliphatic carbocycles. The molecule has 4 heterocycles. The number of carboxylic acid groups (broad SMARTS) is 3. The Morgan fingerprint density at radius 2 is 1.04 bits per heavy atom. The van der Waals surface area contributed by atoms with Crippen molar-refractivity contribution < 1.29 is 82.4 Å². The molecule has 36 nitrogen and oxygen atoms in total. The quantitative estimate of drug-likeness (QED) is 0.0254. The van der Waals surface area contributed by atoms with Gasteiger partial charge in [0, 0.05) is 127 Å². The number of aromatic amines is 2. The molecule has 0 radical (unpaired) electrons. The number of hydrogen-bond donors (Lipinski definition) is 15. The van der Waals surface area contributed by atoms with Gasteiger partial charge in [-0.1, -0.05) is 45.9 Å². The number of benzene rings is 1. The summed E-state index contributed by atoms with van der Waals surface area (Å²) >= 11 is 1.45. The summed E-state index contributed by atoms with van der Waals surface area (Å²) in [6.45, 7) is 8.83. The van der Waals surface area contributed by atoms with Gasteiger partial charge in [0.05, 0.1) is 45.6 Å². The Hall–Kier alpha value is -9.30. The van der Waals surface area contributed by atoms with Gasteiger partial charge in [0.1, 0.15) is 42.3 Å². The molecule has 0 saturated carbocycles. The summed E-state index contributed by atoms with van der Waals surface area (Å²) in [5.74, 6) is -11.5. The van der Waals surface area contributed by atoms with Crippen LogP contribution in [0.5, 0.6) is 0 Å². The molecule has 102 heavy (non-hydrogen) atoms. The van der Waals surface area contributed by atoms with Gasteiger partial charge in [-0.2, -0.15) is 11.8 Å². The Morgan fingerprint density at radius 1 is 0.539 bits per heavy atom. The highest BCUT2D eigenvalue weighted by atomic mass is 32.2. The van der Waals surface area contributed by atoms with E-state index in [2.05, 4.69) is 57.5 Å². The third kappa shape index (κ3) is 29.3. The Morgan fingerprint density at radius 3 is 1.57 bits per heavy atom. The van der Waals surface area contributed by atoms with Gasteiger partial charge < -0.3 is 84.2 Å². The molecule has 2 aromatic heterocycles. The smallest absolute Gasteiger partial charge is 0.317 e. The molecule has 0 spiro atoms. The minimum atomic E-state index is -1.43. The third-order valence-electron chi connectivity index (χ3n) is 17.2. The molecule has 2 saturated heterocycles. The van der Waals surface area contributed by atoms with Crippen LogP contribution in [0, 0.1) is 11.8 Å². The number of primary amides is 2. The Bertz CT molecular complexity index is 3320. The number of nitrogens with one attached hydrogen (secondary N) is 10. The van der Waals surface area contributed by atoms with E-state index < -0.39 is 132 Å². The lowest BCUT2D eigenvalue weighted by atomic mass is 10.0. The van der Waals surface area contributed by atoms with E-state index in [1.165, 1.54) is 31.2 Å². The van der Waals surface area contributed by atoms with Crippen LogP contribution in [0.4, 0.5) is 0 Å². The number of thioether (sulfide) groups is 1. The monoisotopic (exact) mass is 1450 g/mol. The molecule has 0 bridgehead atoms. The minimum Gasteiger partial charge on any atom is -0.480 e. The number of aromatic nitrogens is 3. The summed E-state index contributed by atoms with van der Waals surface area (Å²) in [5, 5.41) is 50.5. The average molecular weight is 1450 g/mol. The van der Waals surface area contributed by atoms with Crippen LogP contribution in [0.25, 0.3) is 10.9 Å². The van der Waals surface area contributed by atoms with E-state index in [1.54, 1.807) is 68.8 Å². The first-order valence-electron chi connectivity index (χ1n) is 33.9. The van der Waals surface area contributed by atoms with E-state index in [9.17, 15) is 82.4 Å². The summed E-state index contributed by atoms with van der Waals surface area (Å²) < 4.78 is 0. The topological polar surface area (TPSA) is 512 Å². The first-order chi connectivity index (χ1) is 48.4. The van der Waals surface area contributed by atoms with Crippen molar-refractivity contribution in [3.05, 3.63) is 54.2 Å². The highest BCUT2D eigenvalue weighted by Crippen LogP contribution is 2.20. The van der Waals surface area contributed by atoms with Crippen molar-refractivity contribution >= 4 is 106 Å². The van der Waals surface area contributed by atoms with Crippen LogP contribution in [0.3, 0.4) is 0 Å². The molecular weight excluding hydrogens is 1350 g/mol. The van der Waals surface area contributed by atoms with Crippen LogP contribution in [0.1, 0.15) is 71.6 Å². The molecule has 37 heteroatoms. The zero-order valence-electron chi connectivity index (χ0n) is 58.7. The van der Waals surface area contributed by atoms with Crippen LogP contribution in [-0.4, -0.2) is 315 Å². The number of carbonyl (C=O) groups excluding carboxylic acids is 11. The number of amides is 11. The largest absolute Gasteiger partial charge is 0.480 e. The number of fused-ring (bicyclic) bond motifs is 1. The van der Waals surface area contributed by atoms with Crippen molar-refractivity contribution in [2.75, 3.05) is 130 Å². The number of H-pyrrole nitrogens is 2. The summed E-state index contributed by atoms with van der Waals surface area (Å²) in [6.07, 6.45) is 5.80. The fourth-order valence-corrected chi connectivity index (χ4v) is 12.0. The van der Waals surface area contributed by atoms with E-state index in [4.69, 9.17) is 11.5 Å². The predicted octanol–water partition coefficient (Wildman–Crippen LogP) is -4.97. The number of imidazole rings is 1. The van der Waals surface area contributed by atoms with E-state index in [-0.39, 0.29) is 162 Å². The van der Waals surface area contributed by atoms with Crippen molar-refractivity contribution in [3.63, 3.8) is 0 Å². The van der Waals surface area contributed by atoms with Crippen molar-refractivity contribution in [1.29, 1.82) is 0 Å². The van der Waals surface area contributed by atoms with Crippen LogP contribution < -0.4 is 54.0 Å². The maximum atomic E-state index is 14.5. The van der Waals surface area contributed by atoms with Crippen molar-refractivity contribution in [2.45, 2.75) is 115 Å². The second-order valence-corrected chi connectivity index (χ2v) is 27.2. The molecule has 17 N–H and O–H groups in total. The highest BCUT2D eigenvalue weighted by molar-refractivity contribution is 7.98. The molecule has 0 unspecified atom stereocenters. The fourth-order valence-electron chi connectivity index (χ4n) is 11.5. The average Bonchev–Trinajstić information content (AvgIpc) is 1.65. The molecule has 564 valence electrons. The second-order valence-electron chi connectivity index (χ2n) is 26.2. The van der Waals surface area contributed by atoms with Crippen LogP contribution in [0.15, 0.2) is 43.0 Å². The zero-order valence-corrected chi connectivity index (χ0v) is 59.5. The van der Waals surface area contributed by atoms with Crippen LogP contribution in [-0.2, 0) is 80.0 Å². The lowest BCUT2D eigenvalue weighted by Gasteiger charge is -2.36. The summed E-state index contributed by atoms with van der Waals surface area (Å²) in [6, 6.07) is -1.78. The van der Waals surface area contributed by atoms with Crippen molar-refractivity contribution in [3.8, 4) is 0 Å². The highest BCUT2D eigenvalue weighted by Gasteiger charge is 2.35. The van der Waals surface area contributed by atoms with Gasteiger partial charge in [-0.05, 0) is 61.7 Å². The standard InChI is InChI=1S/C65H101N19O17S/c1-39(2)27-48(63(99)75-46(59(67)95)13-26-102-6)76-64(100)50(29-43-31-68-38-71-43)74-52(86)32-70-65(101)58(40(3)4)78-60(96)41(5)72-62(98)49(28-42-30-69-45-10-8-7-9-44(42)45)77-61(97)47(11-12-51(66)85)73-53(87)33-79-22-24-84(25-23-79)54(88)34-80-14-16-81(35-55(89)90)18-20-83(37-57(93)94)21-19-82(17-15-80)36-56(91)92/h7-10,30-31,38-41,46-50,58,69H,11-29,32-37H2,1-6H3,(H2,66,85)(H2,67,95)(H,68,71)(H,70,101)(H,72,98)(H,73,87)(H,74,86)(H,75,99)(H,76,100)(H,77,97)(H,78,96)(H,89,90)(H,91,92)(H,93,94)/t41-,46-,47-,48-,49-,50-,58-/m0/s1. The predicted molar refractivity (Wildman–Crippen MR) is 373 cm³/mol. The maximum Gasteiger partial charge on any atom is 0.317 e. The van der Waals surface area contributed by atoms with E-state index in [0.29, 0.717) is 27.9 Å². The van der Waals surface area contributed by atoms with E-state index in [0.717, 1.165) is 0 Å². The van der Waals surface area contributed by atoms with Gasteiger partial charge in [-0.15, -0.1) is 0 Å². The Balaban J connectivity index is 1.22. The zero-order chi connectivity index (χ0) is 75.2. The molecule has 2 fully saturated rings. The summed E-state index contributed by atoms with van der Waals surface area (Å²) in [7, 11) is 0. The van der Waals surface area contributed by atoms with Crippen molar-refractivity contribution in [2.24, 2.45) is 23.3 Å². The number of para-hydroxylation sites is 1. The lowest BCUT2D eigenvalue weighted by Crippen LogP contribution is -2.59. The number of aliphatic carboxylic acids is 3. The first kappa shape index (κ1) is 83.4. The van der Waals surface area contributed by atoms with Gasteiger partial charge >= 0.3 is 17.9 Å². The third-order valence-corrected chi connectivity index (χ3v) is 17.8.